The second kappa shape index (κ2) is 14.4. The largest absolute Gasteiger partial charge is 0.497 e. The van der Waals surface area contributed by atoms with Crippen molar-refractivity contribution in [1.82, 2.24) is 4.57 Å². The van der Waals surface area contributed by atoms with Gasteiger partial charge in [-0.25, -0.2) is 4.79 Å². The molecule has 5 rings (SSSR count). The summed E-state index contributed by atoms with van der Waals surface area (Å²) in [5.41, 5.74) is 7.78. The van der Waals surface area contributed by atoms with E-state index in [2.05, 4.69) is 5.32 Å². The lowest BCUT2D eigenvalue weighted by molar-refractivity contribution is -0.138. The van der Waals surface area contributed by atoms with Gasteiger partial charge in [-0.15, -0.1) is 11.3 Å². The molecule has 250 valence electrons. The third kappa shape index (κ3) is 6.32. The molecule has 3 aromatic carbocycles. The Balaban J connectivity index is 1.83. The first-order valence-corrected chi connectivity index (χ1v) is 15.5. The number of carbonyl (C=O) groups excluding carboxylic acids is 2. The van der Waals surface area contributed by atoms with E-state index >= 15 is 0 Å². The van der Waals surface area contributed by atoms with Gasteiger partial charge in [0.05, 0.1) is 63.8 Å². The number of anilines is 1. The molecule has 1 amide bonds. The van der Waals surface area contributed by atoms with Gasteiger partial charge in [0.25, 0.3) is 11.5 Å². The summed E-state index contributed by atoms with van der Waals surface area (Å²) < 4.78 is 34.2. The normalized spacial score (nSPS) is 14.2. The van der Waals surface area contributed by atoms with Crippen molar-refractivity contribution in [3.8, 4) is 28.7 Å². The summed E-state index contributed by atoms with van der Waals surface area (Å²) in [5.74, 6) is -0.168. The van der Waals surface area contributed by atoms with Crippen LogP contribution in [0, 0.1) is 0 Å². The molecule has 0 saturated heterocycles. The standard InChI is InChI=1S/C35H35N3O9S/c1-7-47-35(41)29-28(20-9-15-24(44-4)26(18-20)46-6)30(32(39)37-21-10-12-22(42-2)13-11-21)34-38(31(29)36)33(40)27(48-34)17-19-8-14-23(43-3)25(16-19)45-5/h8-18,28H,7,36H2,1-6H3,(H,37,39)/b27-17-. The highest BCUT2D eigenvalue weighted by molar-refractivity contribution is 7.07. The van der Waals surface area contributed by atoms with E-state index in [-0.39, 0.29) is 32.8 Å². The molecule has 48 heavy (non-hydrogen) atoms. The maximum absolute atomic E-state index is 14.4. The topological polar surface area (TPSA) is 150 Å². The van der Waals surface area contributed by atoms with Gasteiger partial charge >= 0.3 is 5.97 Å². The molecule has 1 aromatic heterocycles. The van der Waals surface area contributed by atoms with Gasteiger partial charge in [-0.2, -0.15) is 0 Å². The van der Waals surface area contributed by atoms with Gasteiger partial charge in [0.1, 0.15) is 16.2 Å². The van der Waals surface area contributed by atoms with Gasteiger partial charge in [-0.3, -0.25) is 14.2 Å². The smallest absolute Gasteiger partial charge is 0.338 e. The Bertz CT molecular complexity index is 2080. The SMILES string of the molecule is CCOC(=O)C1=C(N)n2c(s/c(=C\c3ccc(OC)c(OC)c3)c2=O)=C(C(=O)Nc2ccc(OC)cc2)C1c1ccc(OC)c(OC)c1. The molecule has 0 radical (unpaired) electrons. The quantitative estimate of drug-likeness (QED) is 0.228. The predicted molar refractivity (Wildman–Crippen MR) is 182 cm³/mol. The number of aromatic nitrogens is 1. The van der Waals surface area contributed by atoms with E-state index in [0.29, 0.717) is 45.6 Å². The van der Waals surface area contributed by atoms with E-state index in [4.69, 9.17) is 34.2 Å². The lowest BCUT2D eigenvalue weighted by Crippen LogP contribution is -2.42. The molecule has 1 aliphatic heterocycles. The number of amides is 1. The minimum Gasteiger partial charge on any atom is -0.497 e. The molecule has 13 heteroatoms. The van der Waals surface area contributed by atoms with Gasteiger partial charge in [-0.1, -0.05) is 12.1 Å². The molecule has 1 aliphatic rings. The lowest BCUT2D eigenvalue weighted by Gasteiger charge is -2.28. The fourth-order valence-electron chi connectivity index (χ4n) is 5.41. The fraction of sp³-hybridized carbons (Fsp3) is 0.229. The highest BCUT2D eigenvalue weighted by Gasteiger charge is 2.39. The zero-order chi connectivity index (χ0) is 34.5. The van der Waals surface area contributed by atoms with Crippen LogP contribution in [0.15, 0.2) is 71.0 Å². The number of nitrogens with one attached hydrogen (secondary N) is 1. The first-order chi connectivity index (χ1) is 23.2. The highest BCUT2D eigenvalue weighted by atomic mass is 32.1. The molecule has 0 saturated carbocycles. The Morgan fingerprint density at radius 3 is 2.06 bits per heavy atom. The summed E-state index contributed by atoms with van der Waals surface area (Å²) in [6.45, 7) is 1.69. The first-order valence-electron chi connectivity index (χ1n) is 14.7. The van der Waals surface area contributed by atoms with Crippen LogP contribution in [-0.2, 0) is 14.3 Å². The molecule has 0 fully saturated rings. The molecule has 0 spiro atoms. The van der Waals surface area contributed by atoms with E-state index in [9.17, 15) is 14.4 Å². The monoisotopic (exact) mass is 673 g/mol. The molecule has 1 unspecified atom stereocenters. The highest BCUT2D eigenvalue weighted by Crippen LogP contribution is 2.41. The van der Waals surface area contributed by atoms with Crippen molar-refractivity contribution in [1.29, 1.82) is 0 Å². The summed E-state index contributed by atoms with van der Waals surface area (Å²) in [7, 11) is 7.56. The molecular formula is C35H35N3O9S. The second-order valence-electron chi connectivity index (χ2n) is 10.3. The molecule has 3 N–H and O–H groups in total. The molecule has 12 nitrogen and oxygen atoms in total. The summed E-state index contributed by atoms with van der Waals surface area (Å²) >= 11 is 1.06. The molecule has 0 aliphatic carbocycles. The number of carbonyl (C=O) groups is 2. The van der Waals surface area contributed by atoms with Crippen LogP contribution in [-0.4, -0.2) is 58.6 Å². The first kappa shape index (κ1) is 33.7. The lowest BCUT2D eigenvalue weighted by atomic mass is 9.82. The number of thiazole rings is 1. The van der Waals surface area contributed by atoms with E-state index in [1.807, 2.05) is 0 Å². The van der Waals surface area contributed by atoms with Gasteiger partial charge in [0, 0.05) is 5.69 Å². The molecule has 1 atom stereocenters. The van der Waals surface area contributed by atoms with Crippen LogP contribution < -0.4 is 49.5 Å². The van der Waals surface area contributed by atoms with Crippen molar-refractivity contribution in [3.63, 3.8) is 0 Å². The Kier molecular flexibility index (Phi) is 10.1. The van der Waals surface area contributed by atoms with Crippen LogP contribution in [0.25, 0.3) is 17.5 Å². The van der Waals surface area contributed by atoms with Crippen LogP contribution in [0.1, 0.15) is 24.0 Å². The van der Waals surface area contributed by atoms with Crippen LogP contribution in [0.3, 0.4) is 0 Å². The average molecular weight is 674 g/mol. The van der Waals surface area contributed by atoms with Crippen LogP contribution in [0.4, 0.5) is 5.69 Å². The third-order valence-corrected chi connectivity index (χ3v) is 8.79. The van der Waals surface area contributed by atoms with E-state index in [0.717, 1.165) is 11.3 Å². The van der Waals surface area contributed by atoms with Gasteiger partial charge < -0.3 is 39.5 Å². The summed E-state index contributed by atoms with van der Waals surface area (Å²) in [6.07, 6.45) is 1.65. The molecular weight excluding hydrogens is 638 g/mol. The van der Waals surface area contributed by atoms with Crippen molar-refractivity contribution in [2.45, 2.75) is 12.8 Å². The Morgan fingerprint density at radius 1 is 0.833 bits per heavy atom. The van der Waals surface area contributed by atoms with Crippen molar-refractivity contribution in [3.05, 3.63) is 96.9 Å². The Hall–Kier alpha value is -5.69. The number of esters is 1. The van der Waals surface area contributed by atoms with Gasteiger partial charge in [-0.05, 0) is 72.7 Å². The number of ether oxygens (including phenoxy) is 6. The van der Waals surface area contributed by atoms with E-state index in [1.165, 1.54) is 33.0 Å². The summed E-state index contributed by atoms with van der Waals surface area (Å²) in [4.78, 5) is 42.2. The number of nitrogens with zero attached hydrogens (tertiary/aromatic N) is 1. The van der Waals surface area contributed by atoms with Gasteiger partial charge in [0.15, 0.2) is 23.0 Å². The number of fused-ring (bicyclic) bond motifs is 1. The van der Waals surface area contributed by atoms with Crippen molar-refractivity contribution in [2.24, 2.45) is 5.73 Å². The Morgan fingerprint density at radius 2 is 1.46 bits per heavy atom. The summed E-state index contributed by atoms with van der Waals surface area (Å²) in [6, 6.07) is 17.0. The maximum atomic E-state index is 14.4. The molecule has 2 heterocycles. The maximum Gasteiger partial charge on any atom is 0.338 e. The van der Waals surface area contributed by atoms with Crippen molar-refractivity contribution < 1.29 is 38.0 Å². The Labute approximate surface area is 280 Å². The van der Waals surface area contributed by atoms with E-state index in [1.54, 1.807) is 80.8 Å². The van der Waals surface area contributed by atoms with Crippen LogP contribution in [0.5, 0.6) is 28.7 Å². The zero-order valence-corrected chi connectivity index (χ0v) is 28.1. The van der Waals surface area contributed by atoms with E-state index < -0.39 is 23.4 Å². The van der Waals surface area contributed by atoms with Crippen molar-refractivity contribution in [2.75, 3.05) is 47.5 Å². The second-order valence-corrected chi connectivity index (χ2v) is 11.4. The number of hydrogen-bond acceptors (Lipinski definition) is 11. The molecule has 0 bridgehead atoms. The summed E-state index contributed by atoms with van der Waals surface area (Å²) in [5, 5.41) is 2.91. The number of rotatable bonds is 11. The number of hydrogen-bond donors (Lipinski definition) is 2. The zero-order valence-electron chi connectivity index (χ0n) is 27.2. The molecule has 4 aromatic rings. The van der Waals surface area contributed by atoms with Crippen LogP contribution >= 0.6 is 11.3 Å². The number of methoxy groups -OCH3 is 5. The third-order valence-electron chi connectivity index (χ3n) is 7.68. The number of nitrogens with two attached hydrogens (primary N) is 1. The van der Waals surface area contributed by atoms with Crippen molar-refractivity contribution >= 4 is 46.4 Å². The average Bonchev–Trinajstić information content (AvgIpc) is 3.42. The minimum absolute atomic E-state index is 0.0331. The number of benzene rings is 3. The predicted octanol–water partition coefficient (Wildman–Crippen LogP) is 3.06. The minimum atomic E-state index is -1.06. The van der Waals surface area contributed by atoms with Crippen LogP contribution in [0.2, 0.25) is 0 Å². The van der Waals surface area contributed by atoms with Gasteiger partial charge in [0.2, 0.25) is 0 Å². The fourth-order valence-corrected chi connectivity index (χ4v) is 6.58.